The highest BCUT2D eigenvalue weighted by atomic mass is 79.9. The lowest BCUT2D eigenvalue weighted by molar-refractivity contribution is -0.384. The quantitative estimate of drug-likeness (QED) is 0.0548. The van der Waals surface area contributed by atoms with Crippen molar-refractivity contribution in [2.45, 2.75) is 39.5 Å². The lowest BCUT2D eigenvalue weighted by atomic mass is 9.89. The van der Waals surface area contributed by atoms with E-state index in [1.54, 1.807) is 0 Å². The van der Waals surface area contributed by atoms with Gasteiger partial charge in [-0.25, -0.2) is 0 Å². The molecule has 4 N–H and O–H groups in total. The van der Waals surface area contributed by atoms with Gasteiger partial charge in [-0.3, -0.25) is 10.1 Å². The third-order valence-electron chi connectivity index (χ3n) is 7.31. The van der Waals surface area contributed by atoms with Crippen molar-refractivity contribution in [1.82, 2.24) is 0 Å². The van der Waals surface area contributed by atoms with Crippen LogP contribution < -0.4 is 16.4 Å². The summed E-state index contributed by atoms with van der Waals surface area (Å²) in [6.07, 6.45) is 3.79. The first-order valence-electron chi connectivity index (χ1n) is 15.4. The Bertz CT molecular complexity index is 1610. The fraction of sp³-hybridized carbons (Fsp3) is 0.263. The van der Waals surface area contributed by atoms with Gasteiger partial charge in [0.25, 0.3) is 5.69 Å². The molecule has 6 nitrogen and oxygen atoms in total. The standard InChI is InChI=1S/C19H21BrN2O2.C19H23BrN2/c1-4-16(14-8-6-5-7-9-14)17-10-15(20)11-18(22(23)24)19(17)21-12-13(2)3;1-4-16(14-8-6-5-7-9-14)17-10-15(20)11-18(21)19(17)22-12-13(2)3/h4-11,13,16,21H,1,12H2,2-3H3;4-11,13,16,22H,1,12,21H2,2-3H3. The van der Waals surface area contributed by atoms with Gasteiger partial charge in [-0.05, 0) is 52.3 Å². The molecular formula is C38H44Br2N4O2. The second-order valence-corrected chi connectivity index (χ2v) is 13.7. The second-order valence-electron chi connectivity index (χ2n) is 11.9. The summed E-state index contributed by atoms with van der Waals surface area (Å²) >= 11 is 6.95. The van der Waals surface area contributed by atoms with Crippen LogP contribution in [0.15, 0.2) is 119 Å². The van der Waals surface area contributed by atoms with Crippen LogP contribution in [-0.4, -0.2) is 18.0 Å². The number of nitrogen functional groups attached to an aromatic ring is 1. The van der Waals surface area contributed by atoms with Gasteiger partial charge in [0.2, 0.25) is 0 Å². The highest BCUT2D eigenvalue weighted by Gasteiger charge is 2.24. The smallest absolute Gasteiger partial charge is 0.293 e. The Morgan fingerprint density at radius 2 is 1.15 bits per heavy atom. The fourth-order valence-electron chi connectivity index (χ4n) is 5.11. The van der Waals surface area contributed by atoms with Gasteiger partial charge in [-0.1, -0.05) is 132 Å². The molecule has 0 saturated carbocycles. The van der Waals surface area contributed by atoms with Crippen LogP contribution in [-0.2, 0) is 0 Å². The molecule has 2 atom stereocenters. The van der Waals surface area contributed by atoms with E-state index in [2.05, 4.69) is 102 Å². The molecule has 8 heteroatoms. The van der Waals surface area contributed by atoms with Crippen LogP contribution >= 0.6 is 31.9 Å². The molecule has 0 spiro atoms. The Balaban J connectivity index is 0.000000251. The Morgan fingerprint density at radius 3 is 1.57 bits per heavy atom. The van der Waals surface area contributed by atoms with Gasteiger partial charge in [0.1, 0.15) is 5.69 Å². The Kier molecular flexibility index (Phi) is 14.1. The van der Waals surface area contributed by atoms with E-state index in [1.165, 1.54) is 11.6 Å². The molecule has 4 aromatic carbocycles. The molecule has 0 saturated heterocycles. The molecule has 0 aliphatic heterocycles. The topological polar surface area (TPSA) is 93.2 Å². The number of nitrogens with two attached hydrogens (primary N) is 1. The third-order valence-corrected chi connectivity index (χ3v) is 8.22. The average Bonchev–Trinajstić information content (AvgIpc) is 3.01. The van der Waals surface area contributed by atoms with E-state index in [0.717, 1.165) is 39.1 Å². The zero-order valence-corrected chi connectivity index (χ0v) is 30.1. The average molecular weight is 749 g/mol. The first-order chi connectivity index (χ1) is 22.0. The molecule has 0 aromatic heterocycles. The molecular weight excluding hydrogens is 704 g/mol. The summed E-state index contributed by atoms with van der Waals surface area (Å²) in [4.78, 5) is 11.2. The van der Waals surface area contributed by atoms with Crippen LogP contribution in [0, 0.1) is 22.0 Å². The van der Waals surface area contributed by atoms with E-state index in [9.17, 15) is 10.1 Å². The maximum absolute atomic E-state index is 11.5. The van der Waals surface area contributed by atoms with E-state index in [4.69, 9.17) is 5.73 Å². The van der Waals surface area contributed by atoms with Crippen LogP contribution in [0.2, 0.25) is 0 Å². The summed E-state index contributed by atoms with van der Waals surface area (Å²) in [5.41, 5.74) is 12.9. The molecule has 0 heterocycles. The van der Waals surface area contributed by atoms with Gasteiger partial charge >= 0.3 is 0 Å². The number of hydrogen-bond acceptors (Lipinski definition) is 5. The maximum atomic E-state index is 11.5. The number of allylic oxidation sites excluding steroid dienone is 2. The Hall–Kier alpha value is -3.88. The van der Waals surface area contributed by atoms with Crippen LogP contribution in [0.3, 0.4) is 0 Å². The van der Waals surface area contributed by atoms with E-state index < -0.39 is 0 Å². The normalized spacial score (nSPS) is 12.1. The zero-order valence-electron chi connectivity index (χ0n) is 27.0. The van der Waals surface area contributed by atoms with Crippen molar-refractivity contribution in [3.05, 3.63) is 152 Å². The number of nitro benzene ring substituents is 1. The highest BCUT2D eigenvalue weighted by Crippen LogP contribution is 2.40. The zero-order chi connectivity index (χ0) is 33.8. The van der Waals surface area contributed by atoms with E-state index in [1.807, 2.05) is 72.8 Å². The summed E-state index contributed by atoms with van der Waals surface area (Å²) < 4.78 is 1.67. The molecule has 242 valence electrons. The van der Waals surface area contributed by atoms with Crippen molar-refractivity contribution >= 4 is 54.6 Å². The molecule has 0 amide bonds. The lowest BCUT2D eigenvalue weighted by Gasteiger charge is -2.22. The minimum atomic E-state index is -0.345. The van der Waals surface area contributed by atoms with Crippen molar-refractivity contribution in [2.75, 3.05) is 29.5 Å². The van der Waals surface area contributed by atoms with Gasteiger partial charge in [-0.2, -0.15) is 0 Å². The summed E-state index contributed by atoms with van der Waals surface area (Å²) in [5.74, 6) is 0.905. The Morgan fingerprint density at radius 1 is 0.739 bits per heavy atom. The minimum Gasteiger partial charge on any atom is -0.397 e. The predicted octanol–water partition coefficient (Wildman–Crippen LogP) is 11.2. The molecule has 0 fully saturated rings. The summed E-state index contributed by atoms with van der Waals surface area (Å²) in [5, 5.41) is 18.3. The summed E-state index contributed by atoms with van der Waals surface area (Å²) in [7, 11) is 0. The molecule has 46 heavy (non-hydrogen) atoms. The Labute approximate surface area is 290 Å². The molecule has 0 bridgehead atoms. The fourth-order valence-corrected chi connectivity index (χ4v) is 6.07. The molecule has 0 radical (unpaired) electrons. The van der Waals surface area contributed by atoms with Gasteiger partial charge in [0, 0.05) is 39.9 Å². The van der Waals surface area contributed by atoms with Crippen molar-refractivity contribution in [3.63, 3.8) is 0 Å². The van der Waals surface area contributed by atoms with Crippen molar-refractivity contribution < 1.29 is 4.92 Å². The predicted molar refractivity (Wildman–Crippen MR) is 203 cm³/mol. The molecule has 0 aliphatic carbocycles. The van der Waals surface area contributed by atoms with Crippen LogP contribution in [0.25, 0.3) is 0 Å². The van der Waals surface area contributed by atoms with Crippen LogP contribution in [0.1, 0.15) is 61.8 Å². The van der Waals surface area contributed by atoms with Gasteiger partial charge in [0.05, 0.1) is 16.3 Å². The minimum absolute atomic E-state index is 0.0720. The largest absolute Gasteiger partial charge is 0.397 e. The van der Waals surface area contributed by atoms with Gasteiger partial charge < -0.3 is 16.4 Å². The monoisotopic (exact) mass is 746 g/mol. The highest BCUT2D eigenvalue weighted by molar-refractivity contribution is 9.10. The number of nitro groups is 1. The first-order valence-corrected chi connectivity index (χ1v) is 16.9. The van der Waals surface area contributed by atoms with E-state index in [-0.39, 0.29) is 22.4 Å². The number of nitrogens with zero attached hydrogens (tertiary/aromatic N) is 1. The number of hydrogen-bond donors (Lipinski definition) is 3. The number of rotatable bonds is 13. The lowest BCUT2D eigenvalue weighted by Crippen LogP contribution is -2.13. The summed E-state index contributed by atoms with van der Waals surface area (Å²) in [6.45, 7) is 18.0. The third kappa shape index (κ3) is 10.1. The van der Waals surface area contributed by atoms with E-state index in [0.29, 0.717) is 28.5 Å². The van der Waals surface area contributed by atoms with Crippen LogP contribution in [0.5, 0.6) is 0 Å². The molecule has 4 aromatic rings. The van der Waals surface area contributed by atoms with Crippen molar-refractivity contribution in [1.29, 1.82) is 0 Å². The molecule has 4 rings (SSSR count). The van der Waals surface area contributed by atoms with Crippen LogP contribution in [0.4, 0.5) is 22.7 Å². The van der Waals surface area contributed by atoms with Gasteiger partial charge in [-0.15, -0.1) is 13.2 Å². The summed E-state index contributed by atoms with van der Waals surface area (Å²) in [6, 6.07) is 27.8. The SMILES string of the molecule is C=CC(c1ccccc1)c1cc(Br)cc(N)c1NCC(C)C.C=CC(c1ccccc1)c1cc(Br)cc([N+](=O)[O-])c1NCC(C)C. The first kappa shape index (κ1) is 36.6. The number of nitrogens with one attached hydrogen (secondary N) is 2. The second kappa shape index (κ2) is 17.7. The molecule has 0 aliphatic rings. The number of halogens is 2. The molecule has 2 unspecified atom stereocenters. The van der Waals surface area contributed by atoms with Crippen molar-refractivity contribution in [3.8, 4) is 0 Å². The van der Waals surface area contributed by atoms with Gasteiger partial charge in [0.15, 0.2) is 0 Å². The maximum Gasteiger partial charge on any atom is 0.293 e. The van der Waals surface area contributed by atoms with E-state index >= 15 is 0 Å². The van der Waals surface area contributed by atoms with Crippen molar-refractivity contribution in [2.24, 2.45) is 11.8 Å². The number of anilines is 3. The number of benzene rings is 4.